The van der Waals surface area contributed by atoms with E-state index in [1.165, 1.54) is 18.2 Å². The normalized spacial score (nSPS) is 17.2. The molecule has 0 unspecified atom stereocenters. The van der Waals surface area contributed by atoms with E-state index in [9.17, 15) is 14.9 Å². The maximum atomic E-state index is 12.4. The maximum absolute atomic E-state index is 12.4. The van der Waals surface area contributed by atoms with Gasteiger partial charge in [0.25, 0.3) is 11.6 Å². The van der Waals surface area contributed by atoms with E-state index in [0.717, 1.165) is 0 Å². The van der Waals surface area contributed by atoms with Gasteiger partial charge in [-0.3, -0.25) is 14.9 Å². The molecule has 6 nitrogen and oxygen atoms in total. The highest BCUT2D eigenvalue weighted by Crippen LogP contribution is 2.25. The third kappa shape index (κ3) is 3.93. The first-order valence-corrected chi connectivity index (χ1v) is 7.87. The summed E-state index contributed by atoms with van der Waals surface area (Å²) in [7, 11) is 0. The van der Waals surface area contributed by atoms with E-state index in [2.05, 4.69) is 21.2 Å². The lowest BCUT2D eigenvalue weighted by Crippen LogP contribution is -2.53. The van der Waals surface area contributed by atoms with Gasteiger partial charge in [-0.15, -0.1) is 0 Å². The molecule has 1 fully saturated rings. The van der Waals surface area contributed by atoms with E-state index < -0.39 is 10.5 Å². The summed E-state index contributed by atoms with van der Waals surface area (Å²) in [6.07, 6.45) is 1.37. The minimum absolute atomic E-state index is 0.161. The fraction of sp³-hybridized carbons (Fsp3) is 0.462. The Morgan fingerprint density at radius 2 is 2.10 bits per heavy atom. The smallest absolute Gasteiger partial charge is 0.271 e. The van der Waals surface area contributed by atoms with Gasteiger partial charge in [0.1, 0.15) is 0 Å². The zero-order chi connectivity index (χ0) is 15.5. The van der Waals surface area contributed by atoms with Crippen LogP contribution in [0.2, 0.25) is 5.02 Å². The number of nitro benzene ring substituents is 1. The Balaban J connectivity index is 2.21. The van der Waals surface area contributed by atoms with E-state index in [0.29, 0.717) is 31.4 Å². The molecule has 1 heterocycles. The summed E-state index contributed by atoms with van der Waals surface area (Å²) >= 11 is 9.25. The SMILES string of the molecule is O=C(NC1(CBr)CCOCC1)c1cc(Cl)cc([N+](=O)[O-])c1. The first-order valence-electron chi connectivity index (χ1n) is 6.37. The number of hydrogen-bond acceptors (Lipinski definition) is 4. The number of carbonyl (C=O) groups is 1. The van der Waals surface area contributed by atoms with Gasteiger partial charge in [-0.05, 0) is 18.9 Å². The predicted octanol–water partition coefficient (Wildman–Crippen LogP) is 2.92. The number of benzene rings is 1. The van der Waals surface area contributed by atoms with Gasteiger partial charge >= 0.3 is 0 Å². The Morgan fingerprint density at radius 1 is 1.43 bits per heavy atom. The third-order valence-electron chi connectivity index (χ3n) is 3.44. The summed E-state index contributed by atoms with van der Waals surface area (Å²) in [5.74, 6) is -0.373. The monoisotopic (exact) mass is 376 g/mol. The van der Waals surface area contributed by atoms with Crippen LogP contribution in [0.4, 0.5) is 5.69 Å². The molecule has 0 atom stereocenters. The van der Waals surface area contributed by atoms with Crippen molar-refractivity contribution in [1.29, 1.82) is 0 Å². The first kappa shape index (κ1) is 16.2. The van der Waals surface area contributed by atoms with E-state index in [1.54, 1.807) is 0 Å². The summed E-state index contributed by atoms with van der Waals surface area (Å²) < 4.78 is 5.30. The number of carbonyl (C=O) groups excluding carboxylic acids is 1. The fourth-order valence-electron chi connectivity index (χ4n) is 2.18. The van der Waals surface area contributed by atoms with Crippen LogP contribution in [-0.2, 0) is 4.74 Å². The highest BCUT2D eigenvalue weighted by Gasteiger charge is 2.33. The molecule has 0 radical (unpaired) electrons. The molecule has 1 aliphatic rings. The van der Waals surface area contributed by atoms with Crippen LogP contribution in [0.5, 0.6) is 0 Å². The highest BCUT2D eigenvalue weighted by atomic mass is 79.9. The second-order valence-electron chi connectivity index (χ2n) is 4.94. The molecular formula is C13H14BrClN2O4. The van der Waals surface area contributed by atoms with Gasteiger partial charge in [0.15, 0.2) is 0 Å². The predicted molar refractivity (Wildman–Crippen MR) is 82.2 cm³/mol. The molecule has 1 amide bonds. The number of halogens is 2. The second-order valence-corrected chi connectivity index (χ2v) is 5.93. The molecule has 0 aliphatic carbocycles. The first-order chi connectivity index (χ1) is 9.96. The highest BCUT2D eigenvalue weighted by molar-refractivity contribution is 9.09. The minimum atomic E-state index is -0.572. The van der Waals surface area contributed by atoms with Crippen LogP contribution in [0.25, 0.3) is 0 Å². The second kappa shape index (κ2) is 6.72. The van der Waals surface area contributed by atoms with Gasteiger partial charge in [0, 0.05) is 41.3 Å². The molecule has 114 valence electrons. The zero-order valence-corrected chi connectivity index (χ0v) is 13.4. The molecule has 0 bridgehead atoms. The lowest BCUT2D eigenvalue weighted by Gasteiger charge is -2.36. The number of non-ortho nitro benzene ring substituents is 1. The molecule has 1 aromatic rings. The molecule has 1 N–H and O–H groups in total. The van der Waals surface area contributed by atoms with Crippen molar-refractivity contribution in [3.8, 4) is 0 Å². The lowest BCUT2D eigenvalue weighted by atomic mass is 9.92. The Morgan fingerprint density at radius 3 is 2.67 bits per heavy atom. The summed E-state index contributed by atoms with van der Waals surface area (Å²) in [4.78, 5) is 22.6. The van der Waals surface area contributed by atoms with Crippen LogP contribution in [0.3, 0.4) is 0 Å². The molecule has 8 heteroatoms. The van der Waals surface area contributed by atoms with Crippen molar-refractivity contribution in [3.05, 3.63) is 38.9 Å². The summed E-state index contributed by atoms with van der Waals surface area (Å²) in [5, 5.41) is 14.5. The van der Waals surface area contributed by atoms with Crippen LogP contribution in [0.15, 0.2) is 18.2 Å². The summed E-state index contributed by atoms with van der Waals surface area (Å²) in [6.45, 7) is 1.14. The van der Waals surface area contributed by atoms with Gasteiger partial charge in [0.05, 0.1) is 10.5 Å². The van der Waals surface area contributed by atoms with Crippen molar-refractivity contribution in [2.24, 2.45) is 0 Å². The number of amides is 1. The van der Waals surface area contributed by atoms with Gasteiger partial charge < -0.3 is 10.1 Å². The number of hydrogen-bond donors (Lipinski definition) is 1. The topological polar surface area (TPSA) is 81.5 Å². The molecule has 0 saturated carbocycles. The van der Waals surface area contributed by atoms with E-state index in [4.69, 9.17) is 16.3 Å². The zero-order valence-electron chi connectivity index (χ0n) is 11.1. The quantitative estimate of drug-likeness (QED) is 0.497. The molecule has 0 spiro atoms. The van der Waals surface area contributed by atoms with Crippen molar-refractivity contribution >= 4 is 39.1 Å². The van der Waals surface area contributed by atoms with Gasteiger partial charge in [-0.25, -0.2) is 0 Å². The van der Waals surface area contributed by atoms with Gasteiger partial charge in [0.2, 0.25) is 0 Å². The van der Waals surface area contributed by atoms with Crippen molar-refractivity contribution in [2.45, 2.75) is 18.4 Å². The molecule has 21 heavy (non-hydrogen) atoms. The fourth-order valence-corrected chi connectivity index (χ4v) is 3.11. The van der Waals surface area contributed by atoms with Crippen LogP contribution < -0.4 is 5.32 Å². The van der Waals surface area contributed by atoms with Crippen molar-refractivity contribution in [2.75, 3.05) is 18.5 Å². The number of nitrogens with zero attached hydrogens (tertiary/aromatic N) is 1. The standard InChI is InChI=1S/C13H14BrClN2O4/c14-8-13(1-3-21-4-2-13)16-12(18)9-5-10(15)7-11(6-9)17(19)20/h5-7H,1-4,8H2,(H,16,18). The molecule has 1 aromatic carbocycles. The largest absolute Gasteiger partial charge is 0.381 e. The molecular weight excluding hydrogens is 364 g/mol. The van der Waals surface area contributed by atoms with Crippen molar-refractivity contribution in [1.82, 2.24) is 5.32 Å². The Kier molecular flexibility index (Phi) is 5.18. The van der Waals surface area contributed by atoms with Crippen LogP contribution in [0.1, 0.15) is 23.2 Å². The summed E-state index contributed by atoms with van der Waals surface area (Å²) in [5.41, 5.74) is -0.416. The maximum Gasteiger partial charge on any atom is 0.271 e. The van der Waals surface area contributed by atoms with E-state index in [1.807, 2.05) is 0 Å². The average molecular weight is 378 g/mol. The van der Waals surface area contributed by atoms with Crippen LogP contribution in [-0.4, -0.2) is 34.9 Å². The molecule has 1 aliphatic heterocycles. The Bertz CT molecular complexity index is 561. The molecule has 0 aromatic heterocycles. The van der Waals surface area contributed by atoms with Gasteiger partial charge in [-0.1, -0.05) is 27.5 Å². The molecule has 1 saturated heterocycles. The number of alkyl halides is 1. The third-order valence-corrected chi connectivity index (χ3v) is 4.73. The van der Waals surface area contributed by atoms with E-state index in [-0.39, 0.29) is 22.2 Å². The minimum Gasteiger partial charge on any atom is -0.381 e. The van der Waals surface area contributed by atoms with Gasteiger partial charge in [-0.2, -0.15) is 0 Å². The van der Waals surface area contributed by atoms with E-state index >= 15 is 0 Å². The molecule has 2 rings (SSSR count). The number of ether oxygens (including phenoxy) is 1. The van der Waals surface area contributed by atoms with Crippen molar-refractivity contribution < 1.29 is 14.5 Å². The lowest BCUT2D eigenvalue weighted by molar-refractivity contribution is -0.384. The Labute approximate surface area is 135 Å². The average Bonchev–Trinajstić information content (AvgIpc) is 2.47. The van der Waals surface area contributed by atoms with Crippen molar-refractivity contribution in [3.63, 3.8) is 0 Å². The Hall–Kier alpha value is -1.18. The number of rotatable bonds is 4. The number of nitrogens with one attached hydrogen (secondary N) is 1. The number of nitro groups is 1. The van der Waals surface area contributed by atoms with Crippen LogP contribution >= 0.6 is 27.5 Å². The summed E-state index contributed by atoms with van der Waals surface area (Å²) in [6, 6.07) is 3.86. The van der Waals surface area contributed by atoms with Crippen LogP contribution in [0, 0.1) is 10.1 Å².